The van der Waals surface area contributed by atoms with Gasteiger partial charge in [0.2, 0.25) is 5.13 Å². The van der Waals surface area contributed by atoms with Crippen molar-refractivity contribution in [2.45, 2.75) is 18.4 Å². The maximum Gasteiger partial charge on any atom is 0.296 e. The molecule has 0 saturated carbocycles. The van der Waals surface area contributed by atoms with Gasteiger partial charge in [0.1, 0.15) is 12.4 Å². The Bertz CT molecular complexity index is 1520. The molecule has 0 aliphatic carbocycles. The number of hydrogen-bond donors (Lipinski definition) is 2. The summed E-state index contributed by atoms with van der Waals surface area (Å²) >= 11 is 7.29. The number of aryl methyl sites for hydroxylation is 1. The van der Waals surface area contributed by atoms with Crippen LogP contribution in [0.3, 0.4) is 0 Å². The van der Waals surface area contributed by atoms with Crippen molar-refractivity contribution < 1.29 is 18.5 Å². The first-order valence-electron chi connectivity index (χ1n) is 10.5. The van der Waals surface area contributed by atoms with Gasteiger partial charge in [0.15, 0.2) is 0 Å². The van der Waals surface area contributed by atoms with Gasteiger partial charge < -0.3 is 9.47 Å². The number of halogens is 1. The first kappa shape index (κ1) is 25.5. The van der Waals surface area contributed by atoms with Crippen LogP contribution in [0.15, 0.2) is 59.6 Å². The lowest BCUT2D eigenvalue weighted by Crippen LogP contribution is -2.14. The molecule has 2 heterocycles. The van der Waals surface area contributed by atoms with E-state index in [1.165, 1.54) is 12.5 Å². The Morgan fingerprint density at radius 1 is 1.14 bits per heavy atom. The van der Waals surface area contributed by atoms with Gasteiger partial charge in [-0.25, -0.2) is 8.99 Å². The number of carbonyl (C=O) groups is 1. The zero-order chi connectivity index (χ0) is 25.9. The van der Waals surface area contributed by atoms with Crippen molar-refractivity contribution in [1.82, 2.24) is 15.2 Å². The fraction of sp³-hybridized carbons (Fsp3) is 0.167. The van der Waals surface area contributed by atoms with Gasteiger partial charge in [-0.2, -0.15) is 0 Å². The minimum Gasteiger partial charge on any atom is -0.496 e. The Hall–Kier alpha value is -3.54. The fourth-order valence-corrected chi connectivity index (χ4v) is 4.75. The van der Waals surface area contributed by atoms with Gasteiger partial charge in [-0.05, 0) is 60.2 Å². The lowest BCUT2D eigenvalue weighted by Gasteiger charge is -2.13. The number of nitrogens with zero attached hydrogens (tertiary/aromatic N) is 3. The van der Waals surface area contributed by atoms with Crippen LogP contribution in [0.1, 0.15) is 21.6 Å². The summed E-state index contributed by atoms with van der Waals surface area (Å²) in [4.78, 5) is 17.9. The zero-order valence-electron chi connectivity index (χ0n) is 19.6. The van der Waals surface area contributed by atoms with Crippen LogP contribution in [0.5, 0.6) is 10.9 Å². The van der Waals surface area contributed by atoms with Gasteiger partial charge in [0.05, 0.1) is 22.4 Å². The number of rotatable bonds is 8. The van der Waals surface area contributed by atoms with Crippen molar-refractivity contribution in [3.05, 3.63) is 76.6 Å². The van der Waals surface area contributed by atoms with Crippen molar-refractivity contribution in [3.63, 3.8) is 0 Å². The zero-order valence-corrected chi connectivity index (χ0v) is 22.0. The number of nitrogens with one attached hydrogen (secondary N) is 2. The maximum atomic E-state index is 13.1. The minimum absolute atomic E-state index is 0.201. The molecule has 2 N–H and O–H groups in total. The summed E-state index contributed by atoms with van der Waals surface area (Å²) < 4.78 is 30.6. The molecule has 2 aromatic heterocycles. The summed E-state index contributed by atoms with van der Waals surface area (Å²) in [7, 11) is -1.22. The van der Waals surface area contributed by atoms with Gasteiger partial charge in [0.25, 0.3) is 11.1 Å². The normalized spacial score (nSPS) is 12.6. The summed E-state index contributed by atoms with van der Waals surface area (Å²) in [6, 6.07) is 13.7. The highest BCUT2D eigenvalue weighted by Crippen LogP contribution is 2.35. The highest BCUT2D eigenvalue weighted by molar-refractivity contribution is 7.91. The van der Waals surface area contributed by atoms with E-state index in [2.05, 4.69) is 20.5 Å². The molecule has 2 aromatic carbocycles. The summed E-state index contributed by atoms with van der Waals surface area (Å²) in [5.74, 6) is 0.152. The highest BCUT2D eigenvalue weighted by atomic mass is 35.5. The van der Waals surface area contributed by atoms with E-state index in [-0.39, 0.29) is 16.9 Å². The van der Waals surface area contributed by atoms with Gasteiger partial charge in [0, 0.05) is 39.2 Å². The third-order valence-corrected chi connectivity index (χ3v) is 7.26. The molecule has 0 bridgehead atoms. The Morgan fingerprint density at radius 3 is 2.58 bits per heavy atom. The molecule has 186 valence electrons. The molecular weight excluding hydrogens is 522 g/mol. The Labute approximate surface area is 217 Å². The van der Waals surface area contributed by atoms with Crippen LogP contribution in [0.2, 0.25) is 5.02 Å². The second-order valence-electron chi connectivity index (χ2n) is 7.82. The number of benzene rings is 2. The smallest absolute Gasteiger partial charge is 0.296 e. The van der Waals surface area contributed by atoms with E-state index < -0.39 is 15.6 Å². The first-order valence-corrected chi connectivity index (χ1v) is 13.7. The summed E-state index contributed by atoms with van der Waals surface area (Å²) in [5.41, 5.74) is 3.15. The topological polar surface area (TPSA) is 127 Å². The summed E-state index contributed by atoms with van der Waals surface area (Å²) in [6.07, 6.45) is 2.87. The lowest BCUT2D eigenvalue weighted by atomic mass is 9.99. The molecule has 36 heavy (non-hydrogen) atoms. The molecule has 0 saturated heterocycles. The Kier molecular flexibility index (Phi) is 7.53. The Balaban J connectivity index is 1.49. The van der Waals surface area contributed by atoms with Crippen LogP contribution in [-0.2, 0) is 16.3 Å². The van der Waals surface area contributed by atoms with E-state index in [1.54, 1.807) is 55.6 Å². The number of anilines is 1. The SMILES string of the molecule is COc1ccc(Cl)cc1-c1cc(C)ncc1C(=O)Nc1nnc(OCc2ccc([S@](C)(=N)=O)cc2)s1. The molecule has 0 aliphatic rings. The van der Waals surface area contributed by atoms with E-state index in [9.17, 15) is 9.00 Å². The lowest BCUT2D eigenvalue weighted by molar-refractivity contribution is 0.102. The summed E-state index contributed by atoms with van der Waals surface area (Å²) in [5, 5.41) is 11.7. The van der Waals surface area contributed by atoms with E-state index in [4.69, 9.17) is 25.9 Å². The van der Waals surface area contributed by atoms with Crippen LogP contribution in [0.4, 0.5) is 5.13 Å². The molecule has 0 spiro atoms. The number of ether oxygens (including phenoxy) is 2. The number of aromatic nitrogens is 3. The largest absolute Gasteiger partial charge is 0.496 e. The number of pyridine rings is 1. The number of methoxy groups -OCH3 is 1. The maximum absolute atomic E-state index is 13.1. The van der Waals surface area contributed by atoms with Crippen LogP contribution in [0.25, 0.3) is 11.1 Å². The molecule has 0 unspecified atom stereocenters. The van der Waals surface area contributed by atoms with E-state index in [1.807, 2.05) is 6.92 Å². The number of amides is 1. The van der Waals surface area contributed by atoms with Crippen LogP contribution >= 0.6 is 22.9 Å². The predicted octanol–water partition coefficient (Wildman–Crippen LogP) is 5.44. The van der Waals surface area contributed by atoms with Crippen LogP contribution < -0.4 is 14.8 Å². The molecule has 4 rings (SSSR count). The first-order chi connectivity index (χ1) is 17.1. The second-order valence-corrected chi connectivity index (χ2v) is 11.4. The third kappa shape index (κ3) is 5.99. The third-order valence-electron chi connectivity index (χ3n) is 5.10. The molecular formula is C24H22ClN5O4S2. The van der Waals surface area contributed by atoms with Crippen molar-refractivity contribution in [2.75, 3.05) is 18.7 Å². The standard InChI is InChI=1S/C24H22ClN5O4S2/c1-14-10-18(19-11-16(25)6-9-21(19)33-2)20(12-27-14)22(31)28-23-29-30-24(35-23)34-13-15-4-7-17(8-5-15)36(3,26)32/h4-12,26H,13H2,1-3H3,(H,28,29,31)/t36-/m1/s1. The molecule has 12 heteroatoms. The van der Waals surface area contributed by atoms with Gasteiger partial charge in [-0.1, -0.05) is 28.8 Å². The minimum atomic E-state index is -2.77. The molecule has 0 radical (unpaired) electrons. The average molecular weight is 544 g/mol. The van der Waals surface area contributed by atoms with Gasteiger partial charge in [-0.15, -0.1) is 5.10 Å². The van der Waals surface area contributed by atoms with Crippen molar-refractivity contribution in [1.29, 1.82) is 4.78 Å². The van der Waals surface area contributed by atoms with Crippen molar-refractivity contribution >= 4 is 43.7 Å². The van der Waals surface area contributed by atoms with E-state index in [0.29, 0.717) is 32.4 Å². The molecule has 0 fully saturated rings. The van der Waals surface area contributed by atoms with E-state index in [0.717, 1.165) is 22.6 Å². The summed E-state index contributed by atoms with van der Waals surface area (Å²) in [6.45, 7) is 2.03. The molecule has 1 atom stereocenters. The van der Waals surface area contributed by atoms with Crippen LogP contribution in [0, 0.1) is 11.7 Å². The molecule has 4 aromatic rings. The van der Waals surface area contributed by atoms with Crippen molar-refractivity contribution in [2.24, 2.45) is 0 Å². The van der Waals surface area contributed by atoms with Crippen LogP contribution in [-0.4, -0.2) is 38.7 Å². The quantitative estimate of drug-likeness (QED) is 0.303. The predicted molar refractivity (Wildman–Crippen MR) is 140 cm³/mol. The number of carbonyl (C=O) groups excluding carboxylic acids is 1. The van der Waals surface area contributed by atoms with Crippen molar-refractivity contribution in [3.8, 4) is 22.1 Å². The monoisotopic (exact) mass is 543 g/mol. The molecule has 0 aliphatic heterocycles. The highest BCUT2D eigenvalue weighted by Gasteiger charge is 2.19. The van der Waals surface area contributed by atoms with Gasteiger partial charge in [-0.3, -0.25) is 15.1 Å². The Morgan fingerprint density at radius 2 is 1.89 bits per heavy atom. The molecule has 9 nitrogen and oxygen atoms in total. The fourth-order valence-electron chi connectivity index (χ4n) is 3.33. The van der Waals surface area contributed by atoms with E-state index >= 15 is 0 Å². The second kappa shape index (κ2) is 10.6. The molecule has 1 amide bonds. The average Bonchev–Trinajstić information content (AvgIpc) is 3.29. The number of hydrogen-bond acceptors (Lipinski definition) is 9. The van der Waals surface area contributed by atoms with Gasteiger partial charge >= 0.3 is 0 Å².